The number of hydrogen-bond donors (Lipinski definition) is 2. The molecule has 0 aliphatic rings. The Balaban J connectivity index is 1.47. The summed E-state index contributed by atoms with van der Waals surface area (Å²) in [6, 6.07) is 25.0. The van der Waals surface area contributed by atoms with Crippen LogP contribution in [-0.4, -0.2) is 27.3 Å². The highest BCUT2D eigenvalue weighted by atomic mass is 79.9. The molecule has 2 N–H and O–H groups in total. The van der Waals surface area contributed by atoms with E-state index in [9.17, 15) is 4.79 Å². The molecule has 0 amide bonds. The van der Waals surface area contributed by atoms with E-state index in [1.807, 2.05) is 66.7 Å². The van der Waals surface area contributed by atoms with Gasteiger partial charge in [-0.25, -0.2) is 0 Å². The molecule has 4 aromatic rings. The molecule has 4 rings (SSSR count). The zero-order valence-electron chi connectivity index (χ0n) is 17.5. The minimum Gasteiger partial charge on any atom is -0.484 e. The van der Waals surface area contributed by atoms with Crippen LogP contribution in [0.2, 0.25) is 0 Å². The van der Waals surface area contributed by atoms with Crippen LogP contribution >= 0.6 is 31.9 Å². The van der Waals surface area contributed by atoms with Crippen LogP contribution in [0.3, 0.4) is 0 Å². The number of benzene rings is 3. The van der Waals surface area contributed by atoms with Gasteiger partial charge < -0.3 is 15.4 Å². The summed E-state index contributed by atoms with van der Waals surface area (Å²) in [6.45, 7) is 0.857. The van der Waals surface area contributed by atoms with Gasteiger partial charge in [0.2, 0.25) is 11.9 Å². The molecule has 3 aromatic carbocycles. The molecule has 0 saturated carbocycles. The third-order valence-corrected chi connectivity index (χ3v) is 5.73. The highest BCUT2D eigenvalue weighted by Gasteiger charge is 2.17. The van der Waals surface area contributed by atoms with Gasteiger partial charge in [0, 0.05) is 22.0 Å². The van der Waals surface area contributed by atoms with Crippen molar-refractivity contribution in [2.24, 2.45) is 0 Å². The second-order valence-corrected chi connectivity index (χ2v) is 8.96. The average molecular weight is 571 g/mol. The smallest absolute Gasteiger partial charge is 0.288 e. The zero-order chi connectivity index (χ0) is 23.0. The van der Waals surface area contributed by atoms with Gasteiger partial charge in [-0.15, -0.1) is 5.10 Å². The van der Waals surface area contributed by atoms with Gasteiger partial charge in [0.05, 0.1) is 0 Å². The number of nitrogens with one attached hydrogen (secondary N) is 2. The van der Waals surface area contributed by atoms with Crippen LogP contribution in [0.1, 0.15) is 15.9 Å². The highest BCUT2D eigenvalue weighted by molar-refractivity contribution is 9.10. The number of rotatable bonds is 9. The number of carbonyl (C=O) groups excluding carboxylic acids is 1. The van der Waals surface area contributed by atoms with Crippen LogP contribution in [0.4, 0.5) is 11.9 Å². The molecule has 0 saturated heterocycles. The van der Waals surface area contributed by atoms with Gasteiger partial charge in [-0.1, -0.05) is 74.3 Å². The van der Waals surface area contributed by atoms with Crippen molar-refractivity contribution in [3.8, 4) is 5.75 Å². The number of aromatic nitrogens is 3. The Morgan fingerprint density at radius 2 is 1.39 bits per heavy atom. The maximum Gasteiger partial charge on any atom is 0.288 e. The quantitative estimate of drug-likeness (QED) is 0.267. The van der Waals surface area contributed by atoms with E-state index >= 15 is 0 Å². The number of hydrogen-bond acceptors (Lipinski definition) is 6. The standard InChI is InChI=1S/C24H21Br2N5O2/c25-19-10-6-17(7-11-19)14-27-23-29-24(28-15-18-8-12-20(26)13-9-18)31(30-23)22(32)16-33-21-4-2-1-3-5-21/h1-13H,14-16H2,(H2,27,28,29,30). The summed E-state index contributed by atoms with van der Waals surface area (Å²) < 4.78 is 8.86. The van der Waals surface area contributed by atoms with Crippen molar-refractivity contribution in [1.82, 2.24) is 14.8 Å². The first-order valence-electron chi connectivity index (χ1n) is 10.2. The maximum atomic E-state index is 12.9. The Morgan fingerprint density at radius 3 is 2.00 bits per heavy atom. The van der Waals surface area contributed by atoms with Gasteiger partial charge in [-0.05, 0) is 47.5 Å². The Labute approximate surface area is 208 Å². The molecule has 9 heteroatoms. The van der Waals surface area contributed by atoms with E-state index in [2.05, 4.69) is 52.6 Å². The summed E-state index contributed by atoms with van der Waals surface area (Å²) >= 11 is 6.87. The molecule has 7 nitrogen and oxygen atoms in total. The van der Waals surface area contributed by atoms with Crippen LogP contribution in [0.5, 0.6) is 5.75 Å². The lowest BCUT2D eigenvalue weighted by Crippen LogP contribution is -2.22. The topological polar surface area (TPSA) is 81.1 Å². The molecule has 0 spiro atoms. The van der Waals surface area contributed by atoms with Crippen molar-refractivity contribution in [3.05, 3.63) is 98.9 Å². The van der Waals surface area contributed by atoms with Crippen LogP contribution in [-0.2, 0) is 13.1 Å². The molecule has 0 radical (unpaired) electrons. The Hall–Kier alpha value is -3.17. The fourth-order valence-corrected chi connectivity index (χ4v) is 3.49. The molecular formula is C24H21Br2N5O2. The van der Waals surface area contributed by atoms with Crippen molar-refractivity contribution < 1.29 is 9.53 Å². The monoisotopic (exact) mass is 569 g/mol. The summed E-state index contributed by atoms with van der Waals surface area (Å²) in [6.07, 6.45) is 0. The van der Waals surface area contributed by atoms with Gasteiger partial charge in [-0.2, -0.15) is 9.67 Å². The number of ether oxygens (including phenoxy) is 1. The molecular weight excluding hydrogens is 550 g/mol. The van der Waals surface area contributed by atoms with Crippen molar-refractivity contribution in [3.63, 3.8) is 0 Å². The van der Waals surface area contributed by atoms with Gasteiger partial charge in [-0.3, -0.25) is 4.79 Å². The molecule has 0 bridgehead atoms. The zero-order valence-corrected chi connectivity index (χ0v) is 20.7. The molecule has 33 heavy (non-hydrogen) atoms. The van der Waals surface area contributed by atoms with Crippen molar-refractivity contribution in [2.45, 2.75) is 13.1 Å². The number of anilines is 2. The van der Waals surface area contributed by atoms with E-state index in [1.165, 1.54) is 4.68 Å². The van der Waals surface area contributed by atoms with Crippen LogP contribution in [0, 0.1) is 0 Å². The van der Waals surface area contributed by atoms with Crippen LogP contribution in [0.25, 0.3) is 0 Å². The summed E-state index contributed by atoms with van der Waals surface area (Å²) in [5, 5.41) is 10.8. The predicted molar refractivity (Wildman–Crippen MR) is 136 cm³/mol. The number of para-hydroxylation sites is 1. The second-order valence-electron chi connectivity index (χ2n) is 7.13. The molecule has 0 aliphatic heterocycles. The van der Waals surface area contributed by atoms with E-state index in [-0.39, 0.29) is 12.5 Å². The van der Waals surface area contributed by atoms with Gasteiger partial charge in [0.25, 0.3) is 5.91 Å². The first-order valence-corrected chi connectivity index (χ1v) is 11.8. The van der Waals surface area contributed by atoms with Crippen molar-refractivity contribution >= 4 is 49.7 Å². The van der Waals surface area contributed by atoms with Gasteiger partial charge in [0.15, 0.2) is 6.61 Å². The minimum absolute atomic E-state index is 0.160. The Bertz CT molecular complexity index is 1200. The summed E-state index contributed by atoms with van der Waals surface area (Å²) in [5.74, 6) is 0.979. The highest BCUT2D eigenvalue weighted by Crippen LogP contribution is 2.16. The largest absolute Gasteiger partial charge is 0.484 e. The summed E-state index contributed by atoms with van der Waals surface area (Å²) in [4.78, 5) is 17.4. The fourth-order valence-electron chi connectivity index (χ4n) is 2.96. The predicted octanol–water partition coefficient (Wildman–Crippen LogP) is 5.75. The lowest BCUT2D eigenvalue weighted by Gasteiger charge is -2.08. The van der Waals surface area contributed by atoms with Crippen LogP contribution < -0.4 is 15.4 Å². The van der Waals surface area contributed by atoms with Crippen LogP contribution in [0.15, 0.2) is 87.8 Å². The normalized spacial score (nSPS) is 10.6. The Morgan fingerprint density at radius 1 is 0.818 bits per heavy atom. The van der Waals surface area contributed by atoms with Gasteiger partial charge >= 0.3 is 0 Å². The van der Waals surface area contributed by atoms with E-state index in [1.54, 1.807) is 12.1 Å². The fraction of sp³-hybridized carbons (Fsp3) is 0.125. The number of carbonyl (C=O) groups is 1. The van der Waals surface area contributed by atoms with E-state index < -0.39 is 0 Å². The maximum absolute atomic E-state index is 12.9. The summed E-state index contributed by atoms with van der Waals surface area (Å²) in [5.41, 5.74) is 2.11. The van der Waals surface area contributed by atoms with Crippen molar-refractivity contribution in [1.29, 1.82) is 0 Å². The summed E-state index contributed by atoms with van der Waals surface area (Å²) in [7, 11) is 0. The molecule has 0 atom stereocenters. The lowest BCUT2D eigenvalue weighted by molar-refractivity contribution is 0.0824. The van der Waals surface area contributed by atoms with E-state index in [4.69, 9.17) is 4.74 Å². The molecule has 1 aromatic heterocycles. The molecule has 168 valence electrons. The third-order valence-electron chi connectivity index (χ3n) is 4.68. The Kier molecular flexibility index (Phi) is 7.74. The molecule has 0 aliphatic carbocycles. The lowest BCUT2D eigenvalue weighted by atomic mass is 10.2. The van der Waals surface area contributed by atoms with Gasteiger partial charge in [0.1, 0.15) is 5.75 Å². The number of halogens is 2. The molecule has 0 fully saturated rings. The van der Waals surface area contributed by atoms with E-state index in [0.717, 1.165) is 20.1 Å². The molecule has 0 unspecified atom stereocenters. The van der Waals surface area contributed by atoms with Crippen molar-refractivity contribution in [2.75, 3.05) is 17.2 Å². The molecule has 1 heterocycles. The first-order chi connectivity index (χ1) is 16.1. The second kappa shape index (κ2) is 11.1. The first kappa shape index (κ1) is 23.0. The number of nitrogens with zero attached hydrogens (tertiary/aromatic N) is 3. The average Bonchev–Trinajstić information content (AvgIpc) is 3.26. The SMILES string of the molecule is O=C(COc1ccccc1)n1nc(NCc2ccc(Br)cc2)nc1NCc1ccc(Br)cc1. The minimum atomic E-state index is -0.332. The van der Waals surface area contributed by atoms with E-state index in [0.29, 0.717) is 30.7 Å². The third kappa shape index (κ3) is 6.66.